The van der Waals surface area contributed by atoms with Crippen LogP contribution in [0.5, 0.6) is 0 Å². The Morgan fingerprint density at radius 2 is 1.15 bits per heavy atom. The molecule has 6 unspecified atom stereocenters. The lowest BCUT2D eigenvalue weighted by Gasteiger charge is -2.49. The molecule has 34 heavy (non-hydrogen) atoms. The summed E-state index contributed by atoms with van der Waals surface area (Å²) >= 11 is 0. The Kier molecular flexibility index (Phi) is 9.61. The summed E-state index contributed by atoms with van der Waals surface area (Å²) < 4.78 is 33.6. The van der Waals surface area contributed by atoms with Crippen molar-refractivity contribution in [3.63, 3.8) is 0 Å². The second-order valence-electron chi connectivity index (χ2n) is 8.90. The first kappa shape index (κ1) is 28.0. The quantitative estimate of drug-likeness (QED) is 0.165. The number of aliphatic hydroxyl groups is 8. The normalized spacial score (nSPS) is 52.5. The van der Waals surface area contributed by atoms with E-state index in [9.17, 15) is 40.9 Å². The van der Waals surface area contributed by atoms with Crippen molar-refractivity contribution in [2.45, 2.75) is 99.9 Å². The number of methoxy groups -OCH3 is 1. The number of hydrogen-bond acceptors (Lipinski definition) is 14. The topological polar surface area (TPSA) is 217 Å². The van der Waals surface area contributed by atoms with Gasteiger partial charge < -0.3 is 69.3 Å². The smallest absolute Gasteiger partial charge is 0.187 e. The molecule has 0 bridgehead atoms. The maximum absolute atomic E-state index is 10.9. The van der Waals surface area contributed by atoms with Crippen LogP contribution >= 0.6 is 0 Å². The third kappa shape index (κ3) is 5.40. The van der Waals surface area contributed by atoms with E-state index in [-0.39, 0.29) is 0 Å². The molecule has 3 aliphatic heterocycles. The first-order valence-corrected chi connectivity index (χ1v) is 11.2. The van der Waals surface area contributed by atoms with Gasteiger partial charge in [0.1, 0.15) is 54.9 Å². The zero-order valence-electron chi connectivity index (χ0n) is 19.1. The summed E-state index contributed by atoms with van der Waals surface area (Å²) in [5, 5.41) is 80.8. The largest absolute Gasteiger partial charge is 0.394 e. The van der Waals surface area contributed by atoms with Crippen molar-refractivity contribution in [3.8, 4) is 0 Å². The molecule has 14 heteroatoms. The van der Waals surface area contributed by atoms with E-state index in [1.54, 1.807) is 0 Å². The van der Waals surface area contributed by atoms with Crippen molar-refractivity contribution in [1.82, 2.24) is 0 Å². The first-order valence-electron chi connectivity index (χ1n) is 11.2. The molecule has 0 aromatic rings. The van der Waals surface area contributed by atoms with Crippen molar-refractivity contribution in [2.24, 2.45) is 5.92 Å². The molecule has 3 rings (SSSR count). The maximum atomic E-state index is 10.9. The Hall–Kier alpha value is -0.560. The van der Waals surface area contributed by atoms with Crippen LogP contribution in [0.15, 0.2) is 0 Å². The molecule has 14 nitrogen and oxygen atoms in total. The SMILES string of the molecule is CO[C@@H]1OC(CO)[C@H](O)[C@H](O[C@H]2OC(CO)[C@H](O)[C@H](O)C2C)C1O[C@@H]1OC(C)[C@@H](O)C(O)[C@@H]1O. The third-order valence-electron chi connectivity index (χ3n) is 6.61. The van der Waals surface area contributed by atoms with Gasteiger partial charge in [0.25, 0.3) is 0 Å². The average Bonchev–Trinajstić information content (AvgIpc) is 2.83. The van der Waals surface area contributed by atoms with Crippen molar-refractivity contribution < 1.29 is 69.3 Å². The number of ether oxygens (including phenoxy) is 6. The molecule has 200 valence electrons. The van der Waals surface area contributed by atoms with Crippen molar-refractivity contribution in [1.29, 1.82) is 0 Å². The van der Waals surface area contributed by atoms with Crippen LogP contribution in [0.4, 0.5) is 0 Å². The highest BCUT2D eigenvalue weighted by Crippen LogP contribution is 2.34. The van der Waals surface area contributed by atoms with Gasteiger partial charge in [-0.25, -0.2) is 0 Å². The van der Waals surface area contributed by atoms with Crippen molar-refractivity contribution >= 4 is 0 Å². The van der Waals surface area contributed by atoms with Gasteiger partial charge in [-0.3, -0.25) is 0 Å². The van der Waals surface area contributed by atoms with Gasteiger partial charge in [-0.1, -0.05) is 6.92 Å². The Bertz CT molecular complexity index is 638. The molecule has 0 aromatic carbocycles. The molecule has 3 heterocycles. The Labute approximate surface area is 196 Å². The summed E-state index contributed by atoms with van der Waals surface area (Å²) in [7, 11) is 1.27. The summed E-state index contributed by atoms with van der Waals surface area (Å²) in [6, 6.07) is 0. The highest BCUT2D eigenvalue weighted by atomic mass is 16.8. The fourth-order valence-electron chi connectivity index (χ4n) is 4.34. The lowest BCUT2D eigenvalue weighted by molar-refractivity contribution is -0.385. The van der Waals surface area contributed by atoms with Crippen LogP contribution in [0, 0.1) is 5.92 Å². The Morgan fingerprint density at radius 3 is 1.74 bits per heavy atom. The highest BCUT2D eigenvalue weighted by Gasteiger charge is 2.53. The summed E-state index contributed by atoms with van der Waals surface area (Å²) in [5.74, 6) is -0.810. The Balaban J connectivity index is 1.86. The van der Waals surface area contributed by atoms with Crippen LogP contribution in [0.1, 0.15) is 13.8 Å². The van der Waals surface area contributed by atoms with Gasteiger partial charge in [-0.2, -0.15) is 0 Å². The van der Waals surface area contributed by atoms with E-state index in [0.717, 1.165) is 0 Å². The second kappa shape index (κ2) is 11.7. The fourth-order valence-corrected chi connectivity index (χ4v) is 4.34. The van der Waals surface area contributed by atoms with Crippen molar-refractivity contribution in [2.75, 3.05) is 20.3 Å². The number of hydrogen-bond donors (Lipinski definition) is 8. The van der Waals surface area contributed by atoms with Gasteiger partial charge in [-0.05, 0) is 6.92 Å². The third-order valence-corrected chi connectivity index (χ3v) is 6.61. The summed E-state index contributed by atoms with van der Waals surface area (Å²) in [4.78, 5) is 0. The van der Waals surface area contributed by atoms with Gasteiger partial charge in [0.15, 0.2) is 18.9 Å². The molecule has 3 saturated heterocycles. The molecule has 0 aromatic heterocycles. The Morgan fingerprint density at radius 1 is 0.588 bits per heavy atom. The summed E-state index contributed by atoms with van der Waals surface area (Å²) in [6.45, 7) is 1.77. The molecule has 0 spiro atoms. The standard InChI is InChI=1S/C20H36O14/c1-6-10(23)12(25)8(4-21)31-18(6)33-16-13(26)9(5-22)32-20(29-3)17(16)34-19-15(28)14(27)11(24)7(2)30-19/h6-28H,4-5H2,1-3H3/t6?,7?,8?,9?,10-,11-,12+,13+,14?,15+,16+,17?,18-,19+,20-/m1/s1. The van der Waals surface area contributed by atoms with Crippen LogP contribution in [-0.2, 0) is 28.4 Å². The summed E-state index contributed by atoms with van der Waals surface area (Å²) in [6.07, 6.45) is -18.7. The van der Waals surface area contributed by atoms with Crippen LogP contribution in [0.3, 0.4) is 0 Å². The van der Waals surface area contributed by atoms with E-state index in [2.05, 4.69) is 0 Å². The van der Waals surface area contributed by atoms with Gasteiger partial charge in [-0.15, -0.1) is 0 Å². The maximum Gasteiger partial charge on any atom is 0.187 e. The van der Waals surface area contributed by atoms with E-state index in [4.69, 9.17) is 28.4 Å². The second-order valence-corrected chi connectivity index (χ2v) is 8.90. The predicted octanol–water partition coefficient (Wildman–Crippen LogP) is -4.62. The molecule has 3 aliphatic rings. The van der Waals surface area contributed by atoms with Gasteiger partial charge in [0.05, 0.1) is 25.4 Å². The van der Waals surface area contributed by atoms with E-state index in [1.165, 1.54) is 21.0 Å². The fraction of sp³-hybridized carbons (Fsp3) is 1.00. The number of aliphatic hydroxyl groups excluding tert-OH is 8. The molecule has 15 atom stereocenters. The lowest BCUT2D eigenvalue weighted by atomic mass is 9.92. The van der Waals surface area contributed by atoms with Crippen LogP contribution in [-0.4, -0.2) is 147 Å². The molecule has 0 aliphatic carbocycles. The lowest BCUT2D eigenvalue weighted by Crippen LogP contribution is -2.66. The minimum absolute atomic E-state index is 0.610. The van der Waals surface area contributed by atoms with Gasteiger partial charge in [0.2, 0.25) is 0 Å². The van der Waals surface area contributed by atoms with Crippen LogP contribution in [0.25, 0.3) is 0 Å². The first-order chi connectivity index (χ1) is 16.0. The van der Waals surface area contributed by atoms with E-state index in [0.29, 0.717) is 0 Å². The van der Waals surface area contributed by atoms with Crippen LogP contribution < -0.4 is 0 Å². The zero-order chi connectivity index (χ0) is 25.3. The minimum Gasteiger partial charge on any atom is -0.394 e. The molecule has 0 saturated carbocycles. The van der Waals surface area contributed by atoms with E-state index >= 15 is 0 Å². The minimum atomic E-state index is -1.67. The predicted molar refractivity (Wildman–Crippen MR) is 108 cm³/mol. The average molecular weight is 500 g/mol. The zero-order valence-corrected chi connectivity index (χ0v) is 19.1. The molecule has 8 N–H and O–H groups in total. The van der Waals surface area contributed by atoms with Gasteiger partial charge in [0, 0.05) is 13.0 Å². The molecular weight excluding hydrogens is 464 g/mol. The molecule has 0 amide bonds. The van der Waals surface area contributed by atoms with Gasteiger partial charge >= 0.3 is 0 Å². The van der Waals surface area contributed by atoms with Crippen molar-refractivity contribution in [3.05, 3.63) is 0 Å². The highest BCUT2D eigenvalue weighted by molar-refractivity contribution is 4.95. The molecule has 3 fully saturated rings. The summed E-state index contributed by atoms with van der Waals surface area (Å²) in [5.41, 5.74) is 0. The molecule has 0 radical (unpaired) electrons. The monoisotopic (exact) mass is 500 g/mol. The number of rotatable bonds is 7. The van der Waals surface area contributed by atoms with E-state index < -0.39 is 105 Å². The molecular formula is C20H36O14. The van der Waals surface area contributed by atoms with E-state index in [1.807, 2.05) is 0 Å². The van der Waals surface area contributed by atoms with Crippen LogP contribution in [0.2, 0.25) is 0 Å².